The van der Waals surface area contributed by atoms with Crippen molar-refractivity contribution in [2.24, 2.45) is 5.92 Å². The Morgan fingerprint density at radius 1 is 1.59 bits per heavy atom. The maximum atomic E-state index is 6.07. The molecule has 2 unspecified atom stereocenters. The molecule has 2 heterocycles. The van der Waals surface area contributed by atoms with Crippen LogP contribution in [0, 0.1) is 5.92 Å². The van der Waals surface area contributed by atoms with Crippen molar-refractivity contribution in [1.29, 1.82) is 0 Å². The van der Waals surface area contributed by atoms with E-state index in [9.17, 15) is 0 Å². The van der Waals surface area contributed by atoms with E-state index < -0.39 is 0 Å². The van der Waals surface area contributed by atoms with Crippen LogP contribution in [0.3, 0.4) is 0 Å². The molecule has 2 atom stereocenters. The highest BCUT2D eigenvalue weighted by atomic mass is 32.2. The second kappa shape index (κ2) is 6.26. The molecule has 2 rings (SSSR count). The predicted molar refractivity (Wildman–Crippen MR) is 75.6 cm³/mol. The molecule has 0 aromatic carbocycles. The van der Waals surface area contributed by atoms with Crippen LogP contribution in [0.25, 0.3) is 0 Å². The maximum Gasteiger partial charge on any atom is 0.0786 e. The Morgan fingerprint density at radius 3 is 3.18 bits per heavy atom. The molecule has 17 heavy (non-hydrogen) atoms. The van der Waals surface area contributed by atoms with Gasteiger partial charge in [0.1, 0.15) is 0 Å². The van der Waals surface area contributed by atoms with Crippen LogP contribution in [0.15, 0.2) is 11.6 Å². The van der Waals surface area contributed by atoms with Crippen molar-refractivity contribution in [2.45, 2.75) is 38.2 Å². The van der Waals surface area contributed by atoms with Crippen LogP contribution in [0.1, 0.15) is 32.6 Å². The standard InChI is InChI=1S/C14H25NOS/c1-12(4-3-7-15-2)13-5-8-16-14(10-13)6-9-17-11-14/h4,13,15H,3,5-11H2,1-2H3. The minimum Gasteiger partial charge on any atom is -0.374 e. The van der Waals surface area contributed by atoms with Gasteiger partial charge in [0.15, 0.2) is 0 Å². The molecule has 0 bridgehead atoms. The second-order valence-corrected chi connectivity index (χ2v) is 6.47. The van der Waals surface area contributed by atoms with Gasteiger partial charge < -0.3 is 10.1 Å². The van der Waals surface area contributed by atoms with Crippen molar-refractivity contribution in [3.8, 4) is 0 Å². The summed E-state index contributed by atoms with van der Waals surface area (Å²) < 4.78 is 6.07. The molecule has 2 aliphatic heterocycles. The first kappa shape index (κ1) is 13.4. The van der Waals surface area contributed by atoms with Crippen LogP contribution in [0.4, 0.5) is 0 Å². The second-order valence-electron chi connectivity index (χ2n) is 5.36. The molecular formula is C14H25NOS. The summed E-state index contributed by atoms with van der Waals surface area (Å²) in [5, 5.41) is 3.20. The zero-order chi connectivity index (χ0) is 12.1. The van der Waals surface area contributed by atoms with Gasteiger partial charge in [-0.25, -0.2) is 0 Å². The first-order valence-electron chi connectivity index (χ1n) is 6.79. The normalized spacial score (nSPS) is 34.5. The molecule has 0 aliphatic carbocycles. The van der Waals surface area contributed by atoms with E-state index in [1.165, 1.54) is 30.8 Å². The van der Waals surface area contributed by atoms with Crippen molar-refractivity contribution >= 4 is 11.8 Å². The Bertz CT molecular complexity index is 271. The number of allylic oxidation sites excluding steroid dienone is 1. The topological polar surface area (TPSA) is 21.3 Å². The van der Waals surface area contributed by atoms with Gasteiger partial charge in [-0.15, -0.1) is 0 Å². The minimum absolute atomic E-state index is 0.228. The average Bonchev–Trinajstić information content (AvgIpc) is 2.77. The van der Waals surface area contributed by atoms with E-state index in [0.29, 0.717) is 0 Å². The van der Waals surface area contributed by atoms with Crippen molar-refractivity contribution in [1.82, 2.24) is 5.32 Å². The lowest BCUT2D eigenvalue weighted by atomic mass is 9.81. The van der Waals surface area contributed by atoms with E-state index in [1.54, 1.807) is 5.57 Å². The number of thioether (sulfide) groups is 1. The summed E-state index contributed by atoms with van der Waals surface area (Å²) in [5.74, 6) is 3.27. The number of nitrogens with one attached hydrogen (secondary N) is 1. The highest BCUT2D eigenvalue weighted by Crippen LogP contribution is 2.42. The van der Waals surface area contributed by atoms with Crippen LogP contribution >= 0.6 is 11.8 Å². The van der Waals surface area contributed by atoms with E-state index in [2.05, 4.69) is 30.1 Å². The Labute approximate surface area is 110 Å². The van der Waals surface area contributed by atoms with E-state index >= 15 is 0 Å². The molecular weight excluding hydrogens is 230 g/mol. The predicted octanol–water partition coefficient (Wildman–Crippen LogP) is 2.84. The highest BCUT2D eigenvalue weighted by Gasteiger charge is 2.40. The first-order chi connectivity index (χ1) is 8.26. The summed E-state index contributed by atoms with van der Waals surface area (Å²) in [6, 6.07) is 0. The third-order valence-corrected chi connectivity index (χ3v) is 5.29. The molecule has 98 valence electrons. The van der Waals surface area contributed by atoms with Gasteiger partial charge in [-0.05, 0) is 57.9 Å². The number of rotatable bonds is 4. The smallest absolute Gasteiger partial charge is 0.0786 e. The summed E-state index contributed by atoms with van der Waals surface area (Å²) in [5.41, 5.74) is 1.81. The summed E-state index contributed by atoms with van der Waals surface area (Å²) >= 11 is 2.06. The Balaban J connectivity index is 1.90. The van der Waals surface area contributed by atoms with Crippen LogP contribution in [0.5, 0.6) is 0 Å². The van der Waals surface area contributed by atoms with E-state index in [-0.39, 0.29) is 5.60 Å². The lowest BCUT2D eigenvalue weighted by Gasteiger charge is -2.38. The van der Waals surface area contributed by atoms with Gasteiger partial charge in [-0.3, -0.25) is 0 Å². The zero-order valence-corrected chi connectivity index (χ0v) is 11.9. The van der Waals surface area contributed by atoms with Gasteiger partial charge in [-0.1, -0.05) is 11.6 Å². The molecule has 1 spiro atoms. The Kier molecular flexibility index (Phi) is 4.95. The fourth-order valence-electron chi connectivity index (χ4n) is 2.89. The zero-order valence-electron chi connectivity index (χ0n) is 11.1. The van der Waals surface area contributed by atoms with Crippen LogP contribution < -0.4 is 5.32 Å². The minimum atomic E-state index is 0.228. The molecule has 0 saturated carbocycles. The summed E-state index contributed by atoms with van der Waals surface area (Å²) in [4.78, 5) is 0. The van der Waals surface area contributed by atoms with Crippen molar-refractivity contribution in [2.75, 3.05) is 31.7 Å². The molecule has 2 aliphatic rings. The highest BCUT2D eigenvalue weighted by molar-refractivity contribution is 7.99. The Morgan fingerprint density at radius 2 is 2.47 bits per heavy atom. The number of ether oxygens (including phenoxy) is 1. The number of hydrogen-bond acceptors (Lipinski definition) is 3. The third-order valence-electron chi connectivity index (χ3n) is 4.06. The molecule has 0 aromatic heterocycles. The van der Waals surface area contributed by atoms with Crippen molar-refractivity contribution in [3.05, 3.63) is 11.6 Å². The largest absolute Gasteiger partial charge is 0.374 e. The Hall–Kier alpha value is 0.01000. The fraction of sp³-hybridized carbons (Fsp3) is 0.857. The maximum absolute atomic E-state index is 6.07. The monoisotopic (exact) mass is 255 g/mol. The van der Waals surface area contributed by atoms with Crippen LogP contribution in [0.2, 0.25) is 0 Å². The van der Waals surface area contributed by atoms with Gasteiger partial charge >= 0.3 is 0 Å². The molecule has 2 fully saturated rings. The van der Waals surface area contributed by atoms with E-state index in [4.69, 9.17) is 4.74 Å². The lowest BCUT2D eigenvalue weighted by molar-refractivity contribution is -0.0734. The quantitative estimate of drug-likeness (QED) is 0.616. The fourth-order valence-corrected chi connectivity index (χ4v) is 4.27. The SMILES string of the molecule is CNCCC=C(C)C1CCOC2(CCSC2)C1. The van der Waals surface area contributed by atoms with E-state index in [0.717, 1.165) is 25.5 Å². The molecule has 2 nitrogen and oxygen atoms in total. The van der Waals surface area contributed by atoms with Gasteiger partial charge in [0, 0.05) is 12.4 Å². The molecule has 3 heteroatoms. The van der Waals surface area contributed by atoms with Crippen molar-refractivity contribution < 1.29 is 4.74 Å². The van der Waals surface area contributed by atoms with E-state index in [1.807, 2.05) is 7.05 Å². The molecule has 0 amide bonds. The summed E-state index contributed by atoms with van der Waals surface area (Å²) in [6.45, 7) is 4.35. The first-order valence-corrected chi connectivity index (χ1v) is 7.94. The van der Waals surface area contributed by atoms with Crippen LogP contribution in [-0.4, -0.2) is 37.3 Å². The van der Waals surface area contributed by atoms with Crippen LogP contribution in [-0.2, 0) is 4.74 Å². The van der Waals surface area contributed by atoms with Gasteiger partial charge in [0.05, 0.1) is 5.60 Å². The van der Waals surface area contributed by atoms with Gasteiger partial charge in [-0.2, -0.15) is 11.8 Å². The molecule has 0 radical (unpaired) electrons. The molecule has 2 saturated heterocycles. The van der Waals surface area contributed by atoms with Gasteiger partial charge in [0.25, 0.3) is 0 Å². The lowest BCUT2D eigenvalue weighted by Crippen LogP contribution is -2.40. The third kappa shape index (κ3) is 3.49. The average molecular weight is 255 g/mol. The molecule has 0 aromatic rings. The van der Waals surface area contributed by atoms with Crippen molar-refractivity contribution in [3.63, 3.8) is 0 Å². The summed E-state index contributed by atoms with van der Waals surface area (Å²) in [6.07, 6.45) is 7.30. The number of hydrogen-bond donors (Lipinski definition) is 1. The summed E-state index contributed by atoms with van der Waals surface area (Å²) in [7, 11) is 2.02. The van der Waals surface area contributed by atoms with Gasteiger partial charge in [0.2, 0.25) is 0 Å². The molecule has 1 N–H and O–H groups in total.